The Morgan fingerprint density at radius 1 is 1.13 bits per heavy atom. The van der Waals surface area contributed by atoms with Crippen molar-refractivity contribution in [3.05, 3.63) is 41.3 Å². The van der Waals surface area contributed by atoms with Crippen LogP contribution in [0.15, 0.2) is 36.4 Å². The van der Waals surface area contributed by atoms with Gasteiger partial charge in [-0.1, -0.05) is 6.42 Å². The summed E-state index contributed by atoms with van der Waals surface area (Å²) in [6.07, 6.45) is 3.08. The Kier molecular flexibility index (Phi) is 5.69. The monoisotopic (exact) mass is 449 g/mol. The van der Waals surface area contributed by atoms with Crippen LogP contribution in [0, 0.1) is 5.92 Å². The average Bonchev–Trinajstić information content (AvgIpc) is 3.47. The number of nitrogens with one attached hydrogen (secondary N) is 1. The van der Waals surface area contributed by atoms with Gasteiger partial charge in [-0.3, -0.25) is 14.8 Å². The molecule has 30 heavy (non-hydrogen) atoms. The van der Waals surface area contributed by atoms with Crippen LogP contribution >= 0.6 is 11.3 Å². The van der Waals surface area contributed by atoms with E-state index in [1.807, 2.05) is 18.2 Å². The van der Waals surface area contributed by atoms with Crippen molar-refractivity contribution < 1.29 is 28.0 Å². The van der Waals surface area contributed by atoms with Gasteiger partial charge in [-0.05, 0) is 67.6 Å². The molecule has 0 spiro atoms. The fourth-order valence-corrected chi connectivity index (χ4v) is 7.64. The number of rotatable bonds is 6. The zero-order valence-electron chi connectivity index (χ0n) is 16.3. The van der Waals surface area contributed by atoms with E-state index in [0.717, 1.165) is 23.3 Å². The van der Waals surface area contributed by atoms with Crippen molar-refractivity contribution >= 4 is 33.1 Å². The van der Waals surface area contributed by atoms with Crippen molar-refractivity contribution in [2.45, 2.75) is 43.3 Å². The van der Waals surface area contributed by atoms with Crippen molar-refractivity contribution in [3.8, 4) is 16.2 Å². The third-order valence-corrected chi connectivity index (χ3v) is 9.79. The van der Waals surface area contributed by atoms with Crippen molar-refractivity contribution in [1.82, 2.24) is 5.48 Å². The minimum absolute atomic E-state index is 0.0225. The number of esters is 1. The van der Waals surface area contributed by atoms with E-state index in [1.165, 1.54) is 11.3 Å². The van der Waals surface area contributed by atoms with Crippen molar-refractivity contribution in [3.63, 3.8) is 0 Å². The second kappa shape index (κ2) is 8.13. The number of thiophene rings is 1. The van der Waals surface area contributed by atoms with E-state index in [0.29, 0.717) is 29.9 Å². The minimum atomic E-state index is -3.55. The van der Waals surface area contributed by atoms with Gasteiger partial charge >= 0.3 is 5.97 Å². The molecule has 160 valence electrons. The van der Waals surface area contributed by atoms with Crippen LogP contribution in [0.5, 0.6) is 5.75 Å². The number of hydrogen-bond acceptors (Lipinski definition) is 7. The number of benzene rings is 1. The molecule has 1 aliphatic heterocycles. The van der Waals surface area contributed by atoms with E-state index in [2.05, 4.69) is 0 Å². The van der Waals surface area contributed by atoms with Crippen molar-refractivity contribution in [2.24, 2.45) is 5.92 Å². The molecule has 1 aromatic heterocycles. The van der Waals surface area contributed by atoms with Gasteiger partial charge in [0.25, 0.3) is 0 Å². The summed E-state index contributed by atoms with van der Waals surface area (Å²) in [7, 11) is -3.55. The van der Waals surface area contributed by atoms with Gasteiger partial charge < -0.3 is 4.74 Å². The number of ether oxygens (including phenoxy) is 1. The molecule has 2 aliphatic rings. The number of carbonyl (C=O) groups excluding carboxylic acids is 2. The summed E-state index contributed by atoms with van der Waals surface area (Å²) < 4.78 is 30.0. The number of hydroxylamine groups is 1. The molecule has 1 atom stereocenters. The first-order valence-electron chi connectivity index (χ1n) is 9.92. The lowest BCUT2D eigenvalue weighted by atomic mass is 9.94. The molecule has 2 aromatic rings. The zero-order valence-corrected chi connectivity index (χ0v) is 17.9. The Hall–Kier alpha value is -2.23. The van der Waals surface area contributed by atoms with Gasteiger partial charge in [-0.25, -0.2) is 13.9 Å². The molecular weight excluding hydrogens is 426 g/mol. The van der Waals surface area contributed by atoms with Crippen LogP contribution in [0.25, 0.3) is 10.4 Å². The molecule has 2 N–H and O–H groups in total. The van der Waals surface area contributed by atoms with E-state index in [9.17, 15) is 18.0 Å². The van der Waals surface area contributed by atoms with Gasteiger partial charge in [0.1, 0.15) is 10.5 Å². The second-order valence-electron chi connectivity index (χ2n) is 7.87. The minimum Gasteiger partial charge on any atom is -0.426 e. The second-order valence-corrected chi connectivity index (χ2v) is 11.4. The SMILES string of the molecule is O=C(C[C@]1(c2ccc(-c3ccc(OC(=O)C4CC4)cc3)s2)CCCCS1(=O)=O)NO. The zero-order chi connectivity index (χ0) is 21.4. The van der Waals surface area contributed by atoms with Gasteiger partial charge in [0.2, 0.25) is 5.91 Å². The first-order chi connectivity index (χ1) is 14.3. The highest BCUT2D eigenvalue weighted by Crippen LogP contribution is 2.47. The Morgan fingerprint density at radius 2 is 1.87 bits per heavy atom. The lowest BCUT2D eigenvalue weighted by Crippen LogP contribution is -2.43. The highest BCUT2D eigenvalue weighted by atomic mass is 32.2. The smallest absolute Gasteiger partial charge is 0.314 e. The molecule has 9 heteroatoms. The number of amides is 1. The first-order valence-corrected chi connectivity index (χ1v) is 12.4. The summed E-state index contributed by atoms with van der Waals surface area (Å²) in [6.45, 7) is 0. The maximum Gasteiger partial charge on any atom is 0.314 e. The van der Waals surface area contributed by atoms with Crippen molar-refractivity contribution in [1.29, 1.82) is 0 Å². The van der Waals surface area contributed by atoms with Crippen LogP contribution in [0.4, 0.5) is 0 Å². The molecule has 0 radical (unpaired) electrons. The van der Waals surface area contributed by atoms with E-state index in [1.54, 1.807) is 23.7 Å². The fraction of sp³-hybridized carbons (Fsp3) is 0.429. The van der Waals surface area contributed by atoms with Gasteiger partial charge in [-0.2, -0.15) is 0 Å². The van der Waals surface area contributed by atoms with Crippen LogP contribution in [-0.4, -0.2) is 31.3 Å². The Labute approximate surface area is 178 Å². The van der Waals surface area contributed by atoms with E-state index in [-0.39, 0.29) is 24.1 Å². The van der Waals surface area contributed by atoms with Gasteiger partial charge in [0.05, 0.1) is 18.1 Å². The predicted octanol–water partition coefficient (Wildman–Crippen LogP) is 3.42. The molecule has 1 amide bonds. The highest BCUT2D eigenvalue weighted by Gasteiger charge is 2.49. The summed E-state index contributed by atoms with van der Waals surface area (Å²) in [5.41, 5.74) is 2.44. The predicted molar refractivity (Wildman–Crippen MR) is 112 cm³/mol. The molecule has 0 bridgehead atoms. The topological polar surface area (TPSA) is 110 Å². The lowest BCUT2D eigenvalue weighted by molar-refractivity contribution is -0.135. The quantitative estimate of drug-likeness (QED) is 0.303. The van der Waals surface area contributed by atoms with Crippen LogP contribution < -0.4 is 10.2 Å². The molecule has 2 heterocycles. The standard InChI is InChI=1S/C21H23NO6S2/c23-19(22-25)13-21(11-1-2-12-30(21,26)27)18-10-9-17(29-18)14-5-7-16(8-6-14)28-20(24)15-3-4-15/h5-10,15,25H,1-4,11-13H2,(H,22,23)/t21-/m0/s1. The molecule has 1 aliphatic carbocycles. The third-order valence-electron chi connectivity index (χ3n) is 5.73. The number of sulfone groups is 1. The van der Waals surface area contributed by atoms with Crippen LogP contribution in [-0.2, 0) is 24.2 Å². The maximum absolute atomic E-state index is 13.0. The lowest BCUT2D eigenvalue weighted by Gasteiger charge is -2.35. The van der Waals surface area contributed by atoms with E-state index < -0.39 is 20.5 Å². The first kappa shape index (κ1) is 21.0. The summed E-state index contributed by atoms with van der Waals surface area (Å²) in [6, 6.07) is 10.7. The van der Waals surface area contributed by atoms with Gasteiger partial charge in [-0.15, -0.1) is 11.3 Å². The Bertz CT molecular complexity index is 1060. The van der Waals surface area contributed by atoms with Gasteiger partial charge in [0, 0.05) is 9.75 Å². The molecule has 1 aromatic carbocycles. The summed E-state index contributed by atoms with van der Waals surface area (Å²) in [5.74, 6) is -0.377. The molecule has 4 rings (SSSR count). The molecule has 1 saturated carbocycles. The normalized spacial score (nSPS) is 23.0. The molecule has 2 fully saturated rings. The third kappa shape index (κ3) is 4.01. The number of carbonyl (C=O) groups is 2. The largest absolute Gasteiger partial charge is 0.426 e. The Balaban J connectivity index is 1.61. The van der Waals surface area contributed by atoms with E-state index in [4.69, 9.17) is 9.94 Å². The van der Waals surface area contributed by atoms with Crippen LogP contribution in [0.1, 0.15) is 43.4 Å². The van der Waals surface area contributed by atoms with Crippen LogP contribution in [0.2, 0.25) is 0 Å². The number of hydrogen-bond donors (Lipinski definition) is 2. The average molecular weight is 450 g/mol. The molecule has 7 nitrogen and oxygen atoms in total. The summed E-state index contributed by atoms with van der Waals surface area (Å²) in [5, 5.41) is 8.98. The summed E-state index contributed by atoms with van der Waals surface area (Å²) >= 11 is 1.33. The fourth-order valence-electron chi connectivity index (χ4n) is 3.86. The highest BCUT2D eigenvalue weighted by molar-refractivity contribution is 7.92. The van der Waals surface area contributed by atoms with Gasteiger partial charge in [0.15, 0.2) is 9.84 Å². The van der Waals surface area contributed by atoms with Crippen molar-refractivity contribution in [2.75, 3.05) is 5.75 Å². The summed E-state index contributed by atoms with van der Waals surface area (Å²) in [4.78, 5) is 25.2. The Morgan fingerprint density at radius 3 is 2.50 bits per heavy atom. The maximum atomic E-state index is 13.0. The van der Waals surface area contributed by atoms with E-state index >= 15 is 0 Å². The molecule has 1 saturated heterocycles. The van der Waals surface area contributed by atoms with Crippen LogP contribution in [0.3, 0.4) is 0 Å². The molecular formula is C21H23NO6S2. The molecule has 0 unspecified atom stereocenters.